The number of H-pyrrole nitrogens is 1. The average Bonchev–Trinajstić information content (AvgIpc) is 2.55. The molecule has 23 heavy (non-hydrogen) atoms. The van der Waals surface area contributed by atoms with E-state index in [2.05, 4.69) is 27.1 Å². The van der Waals surface area contributed by atoms with Gasteiger partial charge in [-0.1, -0.05) is 18.5 Å². The van der Waals surface area contributed by atoms with Gasteiger partial charge in [0.25, 0.3) is 5.56 Å². The van der Waals surface area contributed by atoms with Crippen LogP contribution in [-0.2, 0) is 6.54 Å². The van der Waals surface area contributed by atoms with Gasteiger partial charge >= 0.3 is 0 Å². The van der Waals surface area contributed by atoms with Crippen LogP contribution >= 0.6 is 11.6 Å². The average molecular weight is 335 g/mol. The van der Waals surface area contributed by atoms with Crippen LogP contribution < -0.4 is 10.9 Å². The molecule has 0 spiro atoms. The van der Waals surface area contributed by atoms with Gasteiger partial charge in [0.05, 0.1) is 17.4 Å². The first kappa shape index (κ1) is 16.4. The Kier molecular flexibility index (Phi) is 5.30. The van der Waals surface area contributed by atoms with Crippen LogP contribution in [0.3, 0.4) is 0 Å². The summed E-state index contributed by atoms with van der Waals surface area (Å²) >= 11 is 5.94. The Balaban J connectivity index is 1.66. The van der Waals surface area contributed by atoms with Crippen LogP contribution in [0.15, 0.2) is 23.0 Å². The molecular weight excluding hydrogens is 312 g/mol. The zero-order chi connectivity index (χ0) is 16.2. The number of piperidine rings is 1. The number of halogens is 1. The van der Waals surface area contributed by atoms with Crippen molar-refractivity contribution < 1.29 is 0 Å². The molecule has 5 nitrogen and oxygen atoms in total. The highest BCUT2D eigenvalue weighted by Crippen LogP contribution is 2.18. The number of benzene rings is 1. The molecule has 2 heterocycles. The predicted molar refractivity (Wildman–Crippen MR) is 93.9 cm³/mol. The smallest absolute Gasteiger partial charge is 0.258 e. The second kappa shape index (κ2) is 7.43. The Morgan fingerprint density at radius 1 is 1.39 bits per heavy atom. The van der Waals surface area contributed by atoms with Crippen LogP contribution in [-0.4, -0.2) is 41.0 Å². The van der Waals surface area contributed by atoms with E-state index in [1.807, 2.05) is 0 Å². The fourth-order valence-electron chi connectivity index (χ4n) is 3.14. The second-order valence-electron chi connectivity index (χ2n) is 6.20. The van der Waals surface area contributed by atoms with Crippen molar-refractivity contribution in [2.24, 2.45) is 5.92 Å². The third-order valence-electron chi connectivity index (χ3n) is 4.48. The summed E-state index contributed by atoms with van der Waals surface area (Å²) in [6, 6.07) is 5.24. The SMILES string of the molecule is CCNCC1CCN(Cc2nc3ccc(Cl)cc3c(=O)[nH]2)CC1. The number of likely N-dealkylation sites (tertiary alicyclic amines) is 1. The monoisotopic (exact) mass is 334 g/mol. The van der Waals surface area contributed by atoms with E-state index < -0.39 is 0 Å². The summed E-state index contributed by atoms with van der Waals surface area (Å²) in [5.74, 6) is 1.49. The van der Waals surface area contributed by atoms with Crippen LogP contribution in [0.25, 0.3) is 10.9 Å². The molecule has 6 heteroatoms. The van der Waals surface area contributed by atoms with Gasteiger partial charge in [0, 0.05) is 5.02 Å². The molecule has 0 amide bonds. The molecule has 0 unspecified atom stereocenters. The van der Waals surface area contributed by atoms with E-state index in [1.54, 1.807) is 18.2 Å². The minimum Gasteiger partial charge on any atom is -0.317 e. The van der Waals surface area contributed by atoms with Gasteiger partial charge in [0.2, 0.25) is 0 Å². The number of fused-ring (bicyclic) bond motifs is 1. The molecule has 0 saturated carbocycles. The minimum atomic E-state index is -0.116. The lowest BCUT2D eigenvalue weighted by molar-refractivity contribution is 0.172. The fourth-order valence-corrected chi connectivity index (χ4v) is 3.32. The second-order valence-corrected chi connectivity index (χ2v) is 6.64. The van der Waals surface area contributed by atoms with Gasteiger partial charge in [-0.2, -0.15) is 0 Å². The molecule has 2 N–H and O–H groups in total. The van der Waals surface area contributed by atoms with E-state index in [0.29, 0.717) is 22.5 Å². The number of hydrogen-bond acceptors (Lipinski definition) is 4. The molecule has 1 aliphatic heterocycles. The van der Waals surface area contributed by atoms with Gasteiger partial charge in [0.1, 0.15) is 5.82 Å². The first-order valence-electron chi connectivity index (χ1n) is 8.27. The summed E-state index contributed by atoms with van der Waals surface area (Å²) in [6.45, 7) is 7.09. The standard InChI is InChI=1S/C17H23ClN4O/c1-2-19-10-12-5-7-22(8-6-12)11-16-20-15-4-3-13(18)9-14(15)17(23)21-16/h3-4,9,12,19H,2,5-8,10-11H2,1H3,(H,20,21,23). The Morgan fingerprint density at radius 3 is 2.91 bits per heavy atom. The highest BCUT2D eigenvalue weighted by molar-refractivity contribution is 6.31. The summed E-state index contributed by atoms with van der Waals surface area (Å²) in [7, 11) is 0. The molecule has 0 atom stereocenters. The fraction of sp³-hybridized carbons (Fsp3) is 0.529. The number of aromatic amines is 1. The molecule has 1 saturated heterocycles. The molecule has 1 aromatic heterocycles. The molecule has 124 valence electrons. The largest absolute Gasteiger partial charge is 0.317 e. The molecule has 3 rings (SSSR count). The zero-order valence-corrected chi connectivity index (χ0v) is 14.2. The number of nitrogens with zero attached hydrogens (tertiary/aromatic N) is 2. The van der Waals surface area contributed by atoms with Crippen LogP contribution in [0.4, 0.5) is 0 Å². The third kappa shape index (κ3) is 4.10. The first-order valence-corrected chi connectivity index (χ1v) is 8.65. The van der Waals surface area contributed by atoms with E-state index in [1.165, 1.54) is 12.8 Å². The third-order valence-corrected chi connectivity index (χ3v) is 4.72. The van der Waals surface area contributed by atoms with E-state index in [0.717, 1.165) is 37.9 Å². The number of rotatable bonds is 5. The van der Waals surface area contributed by atoms with E-state index in [4.69, 9.17) is 11.6 Å². The molecule has 2 aromatic rings. The van der Waals surface area contributed by atoms with Crippen molar-refractivity contribution in [3.63, 3.8) is 0 Å². The van der Waals surface area contributed by atoms with Crippen molar-refractivity contribution in [1.82, 2.24) is 20.2 Å². The first-order chi connectivity index (χ1) is 11.2. The van der Waals surface area contributed by atoms with Gasteiger partial charge in [-0.3, -0.25) is 9.69 Å². The quantitative estimate of drug-likeness (QED) is 0.881. The van der Waals surface area contributed by atoms with Crippen molar-refractivity contribution >= 4 is 22.5 Å². The lowest BCUT2D eigenvalue weighted by Crippen LogP contribution is -2.37. The number of hydrogen-bond donors (Lipinski definition) is 2. The summed E-state index contributed by atoms with van der Waals surface area (Å²) in [5.41, 5.74) is 0.588. The van der Waals surface area contributed by atoms with Crippen molar-refractivity contribution in [3.05, 3.63) is 39.4 Å². The molecule has 0 bridgehead atoms. The van der Waals surface area contributed by atoms with E-state index in [9.17, 15) is 4.79 Å². The summed E-state index contributed by atoms with van der Waals surface area (Å²) in [6.07, 6.45) is 2.39. The maximum atomic E-state index is 12.2. The molecule has 1 fully saturated rings. The number of nitrogens with one attached hydrogen (secondary N) is 2. The lowest BCUT2D eigenvalue weighted by atomic mass is 9.97. The maximum absolute atomic E-state index is 12.2. The molecule has 0 aliphatic carbocycles. The topological polar surface area (TPSA) is 61.0 Å². The summed E-state index contributed by atoms with van der Waals surface area (Å²) in [5, 5.41) is 4.53. The van der Waals surface area contributed by atoms with Gasteiger partial charge in [-0.15, -0.1) is 0 Å². The summed E-state index contributed by atoms with van der Waals surface area (Å²) in [4.78, 5) is 22.0. The Bertz CT molecular complexity index is 722. The van der Waals surface area contributed by atoms with Gasteiger partial charge in [0.15, 0.2) is 0 Å². The zero-order valence-electron chi connectivity index (χ0n) is 13.4. The highest BCUT2D eigenvalue weighted by atomic mass is 35.5. The molecular formula is C17H23ClN4O. The lowest BCUT2D eigenvalue weighted by Gasteiger charge is -2.31. The summed E-state index contributed by atoms with van der Waals surface area (Å²) < 4.78 is 0. The molecule has 1 aromatic carbocycles. The van der Waals surface area contributed by atoms with E-state index >= 15 is 0 Å². The highest BCUT2D eigenvalue weighted by Gasteiger charge is 2.19. The molecule has 1 aliphatic rings. The van der Waals surface area contributed by atoms with E-state index in [-0.39, 0.29) is 5.56 Å². The van der Waals surface area contributed by atoms with Gasteiger partial charge < -0.3 is 10.3 Å². The Labute approximate surface area is 141 Å². The van der Waals surface area contributed by atoms with Crippen molar-refractivity contribution in [2.45, 2.75) is 26.3 Å². The minimum absolute atomic E-state index is 0.116. The van der Waals surface area contributed by atoms with Crippen LogP contribution in [0.5, 0.6) is 0 Å². The van der Waals surface area contributed by atoms with Crippen molar-refractivity contribution in [3.8, 4) is 0 Å². The van der Waals surface area contributed by atoms with Crippen LogP contribution in [0.1, 0.15) is 25.6 Å². The van der Waals surface area contributed by atoms with Crippen molar-refractivity contribution in [2.75, 3.05) is 26.2 Å². The van der Waals surface area contributed by atoms with Gasteiger partial charge in [-0.25, -0.2) is 4.98 Å². The van der Waals surface area contributed by atoms with Crippen LogP contribution in [0, 0.1) is 5.92 Å². The van der Waals surface area contributed by atoms with Crippen LogP contribution in [0.2, 0.25) is 5.02 Å². The Morgan fingerprint density at radius 2 is 2.17 bits per heavy atom. The predicted octanol–water partition coefficient (Wildman–Crippen LogP) is 2.40. The number of aromatic nitrogens is 2. The van der Waals surface area contributed by atoms with Crippen molar-refractivity contribution in [1.29, 1.82) is 0 Å². The maximum Gasteiger partial charge on any atom is 0.258 e. The van der Waals surface area contributed by atoms with Gasteiger partial charge in [-0.05, 0) is 63.1 Å². The normalized spacial score (nSPS) is 17.0. The Hall–Kier alpha value is -1.43. The molecule has 0 radical (unpaired) electrons.